The molecule has 1 aliphatic carbocycles. The second-order valence-electron chi connectivity index (χ2n) is 7.36. The molecule has 1 aliphatic heterocycles. The average Bonchev–Trinajstić information content (AvgIpc) is 3.32. The summed E-state index contributed by atoms with van der Waals surface area (Å²) in [5.41, 5.74) is 0.861. The molecule has 2 N–H and O–H groups in total. The lowest BCUT2D eigenvalue weighted by atomic mass is 10.0. The molecule has 4 atom stereocenters. The lowest BCUT2D eigenvalue weighted by molar-refractivity contribution is -0.139. The first-order valence-corrected chi connectivity index (χ1v) is 9.06. The lowest BCUT2D eigenvalue weighted by Crippen LogP contribution is -2.39. The predicted molar refractivity (Wildman–Crippen MR) is 95.2 cm³/mol. The summed E-state index contributed by atoms with van der Waals surface area (Å²) in [6.45, 7) is 3.39. The maximum absolute atomic E-state index is 12.2. The molecule has 7 heteroatoms. The van der Waals surface area contributed by atoms with Crippen molar-refractivity contribution < 1.29 is 9.90 Å². The minimum atomic E-state index is -0.847. The Balaban J connectivity index is 1.45. The minimum absolute atomic E-state index is 0.105. The van der Waals surface area contributed by atoms with Crippen LogP contribution in [0.1, 0.15) is 26.2 Å². The number of nitrogens with one attached hydrogen (secondary N) is 1. The number of rotatable bonds is 4. The van der Waals surface area contributed by atoms with Crippen LogP contribution in [0.25, 0.3) is 11.0 Å². The van der Waals surface area contributed by atoms with Crippen LogP contribution in [0.5, 0.6) is 0 Å². The van der Waals surface area contributed by atoms with Gasteiger partial charge in [-0.25, -0.2) is 9.97 Å². The van der Waals surface area contributed by atoms with Gasteiger partial charge in [-0.15, -0.1) is 0 Å². The zero-order valence-corrected chi connectivity index (χ0v) is 14.7. The van der Waals surface area contributed by atoms with Crippen LogP contribution in [0.2, 0.25) is 0 Å². The third-order valence-electron chi connectivity index (χ3n) is 5.92. The van der Waals surface area contributed by atoms with Gasteiger partial charge in [0.1, 0.15) is 23.9 Å². The molecule has 0 bridgehead atoms. The van der Waals surface area contributed by atoms with Gasteiger partial charge in [0.15, 0.2) is 0 Å². The highest BCUT2D eigenvalue weighted by atomic mass is 16.3. The van der Waals surface area contributed by atoms with Crippen molar-refractivity contribution in [1.29, 1.82) is 0 Å². The Morgan fingerprint density at radius 3 is 2.80 bits per heavy atom. The van der Waals surface area contributed by atoms with E-state index >= 15 is 0 Å². The van der Waals surface area contributed by atoms with E-state index in [1.54, 1.807) is 6.33 Å². The van der Waals surface area contributed by atoms with E-state index in [0.29, 0.717) is 24.3 Å². The second-order valence-corrected chi connectivity index (χ2v) is 7.36. The van der Waals surface area contributed by atoms with Crippen LogP contribution in [0.4, 0.5) is 5.82 Å². The van der Waals surface area contributed by atoms with Crippen LogP contribution in [-0.4, -0.2) is 63.1 Å². The molecule has 0 radical (unpaired) electrons. The number of hydrogen-bond acceptors (Lipinski definition) is 5. The Hall–Kier alpha value is -2.15. The van der Waals surface area contributed by atoms with Gasteiger partial charge < -0.3 is 19.9 Å². The van der Waals surface area contributed by atoms with Crippen LogP contribution >= 0.6 is 0 Å². The number of nitrogens with zero attached hydrogens (tertiary/aromatic N) is 4. The fourth-order valence-electron chi connectivity index (χ4n) is 4.46. The topological polar surface area (TPSA) is 85.3 Å². The molecule has 134 valence electrons. The standard InChI is InChI=1S/C18H25N5O2/c1-3-15(24)18(25)23-8-11-6-13(7-12(11)9-23)22(2)17-14-4-5-19-16(14)20-10-21-17/h4-5,10-13,15,24H,3,6-9H2,1-2H3,(H,19,20,21)/t11-,12+,13+,15-/m1/s1. The van der Waals surface area contributed by atoms with Crippen molar-refractivity contribution in [1.82, 2.24) is 19.9 Å². The van der Waals surface area contributed by atoms with Gasteiger partial charge in [0.25, 0.3) is 5.91 Å². The van der Waals surface area contributed by atoms with E-state index in [9.17, 15) is 9.90 Å². The van der Waals surface area contributed by atoms with Crippen LogP contribution in [0.15, 0.2) is 18.6 Å². The number of amides is 1. The second kappa shape index (κ2) is 6.29. The van der Waals surface area contributed by atoms with E-state index in [1.807, 2.05) is 24.1 Å². The molecule has 1 saturated carbocycles. The van der Waals surface area contributed by atoms with Gasteiger partial charge in [0.05, 0.1) is 5.39 Å². The fraction of sp³-hybridized carbons (Fsp3) is 0.611. The van der Waals surface area contributed by atoms with Crippen LogP contribution in [-0.2, 0) is 4.79 Å². The van der Waals surface area contributed by atoms with Gasteiger partial charge in [0.2, 0.25) is 0 Å². The quantitative estimate of drug-likeness (QED) is 0.876. The number of aromatic nitrogens is 3. The monoisotopic (exact) mass is 343 g/mol. The van der Waals surface area contributed by atoms with E-state index in [-0.39, 0.29) is 5.91 Å². The summed E-state index contributed by atoms with van der Waals surface area (Å²) >= 11 is 0. The molecule has 2 aromatic rings. The summed E-state index contributed by atoms with van der Waals surface area (Å²) in [6, 6.07) is 2.44. The first kappa shape index (κ1) is 16.3. The number of aliphatic hydroxyl groups is 1. The summed E-state index contributed by atoms with van der Waals surface area (Å²) in [5, 5.41) is 10.8. The fourth-order valence-corrected chi connectivity index (χ4v) is 4.46. The van der Waals surface area contributed by atoms with Gasteiger partial charge in [-0.2, -0.15) is 0 Å². The highest BCUT2D eigenvalue weighted by Crippen LogP contribution is 2.41. The molecule has 2 aliphatic rings. The number of carbonyl (C=O) groups is 1. The number of aromatic amines is 1. The van der Waals surface area contributed by atoms with Crippen molar-refractivity contribution in [2.24, 2.45) is 11.8 Å². The number of anilines is 1. The zero-order chi connectivity index (χ0) is 17.6. The van der Waals surface area contributed by atoms with Crippen LogP contribution in [0.3, 0.4) is 0 Å². The Kier molecular flexibility index (Phi) is 4.11. The van der Waals surface area contributed by atoms with Crippen molar-refractivity contribution in [2.75, 3.05) is 25.0 Å². The van der Waals surface area contributed by atoms with E-state index in [0.717, 1.165) is 42.8 Å². The molecular formula is C18H25N5O2. The third kappa shape index (κ3) is 2.76. The lowest BCUT2D eigenvalue weighted by Gasteiger charge is -2.28. The summed E-state index contributed by atoms with van der Waals surface area (Å²) in [7, 11) is 2.10. The van der Waals surface area contributed by atoms with E-state index < -0.39 is 6.10 Å². The largest absolute Gasteiger partial charge is 0.383 e. The van der Waals surface area contributed by atoms with Gasteiger partial charge >= 0.3 is 0 Å². The molecule has 2 fully saturated rings. The number of fused-ring (bicyclic) bond motifs is 2. The predicted octanol–water partition coefficient (Wildman–Crippen LogP) is 1.40. The summed E-state index contributed by atoms with van der Waals surface area (Å²) < 4.78 is 0. The highest BCUT2D eigenvalue weighted by Gasteiger charge is 2.44. The molecule has 0 spiro atoms. The molecule has 4 rings (SSSR count). The van der Waals surface area contributed by atoms with E-state index in [2.05, 4.69) is 26.9 Å². The van der Waals surface area contributed by atoms with Crippen molar-refractivity contribution >= 4 is 22.8 Å². The SMILES string of the molecule is CC[C@@H](O)C(=O)N1C[C@H]2C[C@H](N(C)c3ncnc4[nH]ccc34)C[C@H]2C1. The average molecular weight is 343 g/mol. The smallest absolute Gasteiger partial charge is 0.251 e. The van der Waals surface area contributed by atoms with Crippen LogP contribution in [0, 0.1) is 11.8 Å². The minimum Gasteiger partial charge on any atom is -0.383 e. The molecule has 1 saturated heterocycles. The summed E-state index contributed by atoms with van der Waals surface area (Å²) in [5.74, 6) is 1.89. The molecule has 7 nitrogen and oxygen atoms in total. The van der Waals surface area contributed by atoms with Crippen molar-refractivity contribution in [3.05, 3.63) is 18.6 Å². The van der Waals surface area contributed by atoms with Gasteiger partial charge in [-0.1, -0.05) is 6.92 Å². The Morgan fingerprint density at radius 1 is 1.40 bits per heavy atom. The molecular weight excluding hydrogens is 318 g/mol. The molecule has 3 heterocycles. The third-order valence-corrected chi connectivity index (χ3v) is 5.92. The van der Waals surface area contributed by atoms with Crippen LogP contribution < -0.4 is 4.90 Å². The number of carbonyl (C=O) groups excluding carboxylic acids is 1. The first-order valence-electron chi connectivity index (χ1n) is 9.06. The molecule has 2 aromatic heterocycles. The van der Waals surface area contributed by atoms with E-state index in [1.165, 1.54) is 0 Å². The van der Waals surface area contributed by atoms with Crippen molar-refractivity contribution in [3.8, 4) is 0 Å². The first-order chi connectivity index (χ1) is 12.1. The normalized spacial score (nSPS) is 26.8. The zero-order valence-electron chi connectivity index (χ0n) is 14.7. The molecule has 0 aromatic carbocycles. The number of H-pyrrole nitrogens is 1. The van der Waals surface area contributed by atoms with Crippen molar-refractivity contribution in [2.45, 2.75) is 38.3 Å². The highest BCUT2D eigenvalue weighted by molar-refractivity contribution is 5.87. The number of likely N-dealkylation sites (tertiary alicyclic amines) is 1. The number of hydrogen-bond donors (Lipinski definition) is 2. The number of aliphatic hydroxyl groups excluding tert-OH is 1. The summed E-state index contributed by atoms with van der Waals surface area (Å²) in [4.78, 5) is 28.2. The Labute approximate surface area is 147 Å². The van der Waals surface area contributed by atoms with Gasteiger partial charge in [-0.3, -0.25) is 4.79 Å². The van der Waals surface area contributed by atoms with Gasteiger partial charge in [0, 0.05) is 32.4 Å². The van der Waals surface area contributed by atoms with E-state index in [4.69, 9.17) is 0 Å². The molecule has 25 heavy (non-hydrogen) atoms. The maximum atomic E-state index is 12.2. The molecule has 1 amide bonds. The van der Waals surface area contributed by atoms with Crippen molar-refractivity contribution in [3.63, 3.8) is 0 Å². The molecule has 0 unspecified atom stereocenters. The maximum Gasteiger partial charge on any atom is 0.251 e. The summed E-state index contributed by atoms with van der Waals surface area (Å²) in [6.07, 6.45) is 5.25. The Bertz CT molecular complexity index is 762. The Morgan fingerprint density at radius 2 is 2.12 bits per heavy atom. The van der Waals surface area contributed by atoms with Gasteiger partial charge in [-0.05, 0) is 37.2 Å².